The molecule has 9 heteroatoms. The largest absolute Gasteiger partial charge is 0.486 e. The van der Waals surface area contributed by atoms with Crippen LogP contribution in [0.25, 0.3) is 11.3 Å². The Balaban J connectivity index is 1.32. The van der Waals surface area contributed by atoms with Crippen LogP contribution in [0, 0.1) is 6.92 Å². The standard InChI is InChI=1S/C23H23N5O2S2/c1-3-28-20(13-30-18-11-9-16(2)10-12-18)26-27-23(28)32-15-21(29)25-22-24-19(14-31-22)17-7-5-4-6-8-17/h4-12,14H,3,13,15H2,1-2H3,(H,24,25,29). The molecule has 0 aliphatic heterocycles. The van der Waals surface area contributed by atoms with E-state index in [-0.39, 0.29) is 11.7 Å². The third-order valence-electron chi connectivity index (χ3n) is 4.65. The number of benzene rings is 2. The second kappa shape index (κ2) is 10.4. The summed E-state index contributed by atoms with van der Waals surface area (Å²) in [6, 6.07) is 17.8. The number of nitrogens with zero attached hydrogens (tertiary/aromatic N) is 4. The van der Waals surface area contributed by atoms with Crippen molar-refractivity contribution < 1.29 is 9.53 Å². The van der Waals surface area contributed by atoms with Gasteiger partial charge in [0.15, 0.2) is 16.1 Å². The first kappa shape index (κ1) is 22.0. The summed E-state index contributed by atoms with van der Waals surface area (Å²) in [5, 5.41) is 14.6. The zero-order valence-corrected chi connectivity index (χ0v) is 19.4. The molecule has 0 fully saturated rings. The molecule has 164 valence electrons. The fourth-order valence-corrected chi connectivity index (χ4v) is 4.55. The lowest BCUT2D eigenvalue weighted by molar-refractivity contribution is -0.113. The monoisotopic (exact) mass is 465 g/mol. The van der Waals surface area contributed by atoms with E-state index >= 15 is 0 Å². The van der Waals surface area contributed by atoms with Crippen molar-refractivity contribution in [3.63, 3.8) is 0 Å². The van der Waals surface area contributed by atoms with E-state index in [9.17, 15) is 4.79 Å². The number of aryl methyl sites for hydroxylation is 1. The van der Waals surface area contributed by atoms with E-state index in [1.807, 2.05) is 78.4 Å². The molecule has 0 atom stereocenters. The van der Waals surface area contributed by atoms with Gasteiger partial charge in [-0.05, 0) is 26.0 Å². The van der Waals surface area contributed by atoms with Gasteiger partial charge in [-0.3, -0.25) is 4.79 Å². The van der Waals surface area contributed by atoms with E-state index in [0.29, 0.717) is 23.4 Å². The Morgan fingerprint density at radius 3 is 2.66 bits per heavy atom. The zero-order chi connectivity index (χ0) is 22.3. The zero-order valence-electron chi connectivity index (χ0n) is 17.8. The number of rotatable bonds is 9. The van der Waals surface area contributed by atoms with Gasteiger partial charge in [0.1, 0.15) is 12.4 Å². The Morgan fingerprint density at radius 1 is 1.12 bits per heavy atom. The van der Waals surface area contributed by atoms with Crippen molar-refractivity contribution in [3.8, 4) is 17.0 Å². The first-order valence-corrected chi connectivity index (χ1v) is 12.0. The van der Waals surface area contributed by atoms with Crippen LogP contribution in [-0.4, -0.2) is 31.4 Å². The number of carbonyl (C=O) groups is 1. The van der Waals surface area contributed by atoms with E-state index in [4.69, 9.17) is 4.74 Å². The molecule has 0 bridgehead atoms. The molecule has 2 aromatic carbocycles. The maximum Gasteiger partial charge on any atom is 0.236 e. The van der Waals surface area contributed by atoms with Crippen molar-refractivity contribution in [2.45, 2.75) is 32.2 Å². The van der Waals surface area contributed by atoms with Crippen molar-refractivity contribution in [2.24, 2.45) is 0 Å². The van der Waals surface area contributed by atoms with Gasteiger partial charge in [-0.25, -0.2) is 4.98 Å². The third kappa shape index (κ3) is 5.54. The molecule has 0 unspecified atom stereocenters. The van der Waals surface area contributed by atoms with Crippen LogP contribution in [0.3, 0.4) is 0 Å². The Morgan fingerprint density at radius 2 is 1.91 bits per heavy atom. The van der Waals surface area contributed by atoms with Crippen LogP contribution < -0.4 is 10.1 Å². The maximum absolute atomic E-state index is 12.4. The van der Waals surface area contributed by atoms with Crippen LogP contribution in [0.1, 0.15) is 18.3 Å². The summed E-state index contributed by atoms with van der Waals surface area (Å²) in [6.07, 6.45) is 0. The Bertz CT molecular complexity index is 1170. The molecule has 1 amide bonds. The Kier molecular flexibility index (Phi) is 7.18. The molecular weight excluding hydrogens is 442 g/mol. The number of aromatic nitrogens is 4. The van der Waals surface area contributed by atoms with Gasteiger partial charge in [0, 0.05) is 17.5 Å². The van der Waals surface area contributed by atoms with Crippen molar-refractivity contribution in [3.05, 3.63) is 71.4 Å². The minimum atomic E-state index is -0.132. The fraction of sp³-hybridized carbons (Fsp3) is 0.217. The summed E-state index contributed by atoms with van der Waals surface area (Å²) in [5.41, 5.74) is 3.05. The van der Waals surface area contributed by atoms with Crippen LogP contribution in [0.2, 0.25) is 0 Å². The summed E-state index contributed by atoms with van der Waals surface area (Å²) in [7, 11) is 0. The number of anilines is 1. The number of ether oxygens (including phenoxy) is 1. The molecule has 4 aromatic rings. The molecule has 7 nitrogen and oxygen atoms in total. The number of hydrogen-bond donors (Lipinski definition) is 1. The summed E-state index contributed by atoms with van der Waals surface area (Å²) in [6.45, 7) is 5.06. The minimum absolute atomic E-state index is 0.132. The summed E-state index contributed by atoms with van der Waals surface area (Å²) in [5.74, 6) is 1.60. The predicted molar refractivity (Wildman–Crippen MR) is 128 cm³/mol. The summed E-state index contributed by atoms with van der Waals surface area (Å²) in [4.78, 5) is 16.9. The van der Waals surface area contributed by atoms with Crippen molar-refractivity contribution >= 4 is 34.1 Å². The number of thiazole rings is 1. The second-order valence-electron chi connectivity index (χ2n) is 6.99. The van der Waals surface area contributed by atoms with Gasteiger partial charge in [-0.15, -0.1) is 21.5 Å². The number of hydrogen-bond acceptors (Lipinski definition) is 7. The summed E-state index contributed by atoms with van der Waals surface area (Å²) >= 11 is 2.75. The van der Waals surface area contributed by atoms with Gasteiger partial charge in [0.05, 0.1) is 11.4 Å². The molecule has 32 heavy (non-hydrogen) atoms. The SMILES string of the molecule is CCn1c(COc2ccc(C)cc2)nnc1SCC(=O)Nc1nc(-c2ccccc2)cs1. The third-order valence-corrected chi connectivity index (χ3v) is 6.38. The lowest BCUT2D eigenvalue weighted by Crippen LogP contribution is -2.14. The highest BCUT2D eigenvalue weighted by molar-refractivity contribution is 7.99. The average Bonchev–Trinajstić information content (AvgIpc) is 3.44. The van der Waals surface area contributed by atoms with E-state index in [0.717, 1.165) is 22.8 Å². The molecule has 0 spiro atoms. The quantitative estimate of drug-likeness (QED) is 0.349. The number of nitrogens with one attached hydrogen (secondary N) is 1. The van der Waals surface area contributed by atoms with E-state index in [2.05, 4.69) is 20.5 Å². The molecule has 2 heterocycles. The van der Waals surface area contributed by atoms with E-state index in [1.54, 1.807) is 0 Å². The molecule has 0 aliphatic rings. The molecule has 0 radical (unpaired) electrons. The lowest BCUT2D eigenvalue weighted by atomic mass is 10.2. The molecule has 2 aromatic heterocycles. The maximum atomic E-state index is 12.4. The Labute approximate surface area is 194 Å². The van der Waals surface area contributed by atoms with E-state index in [1.165, 1.54) is 28.7 Å². The van der Waals surface area contributed by atoms with E-state index < -0.39 is 0 Å². The highest BCUT2D eigenvalue weighted by Crippen LogP contribution is 2.25. The average molecular weight is 466 g/mol. The van der Waals surface area contributed by atoms with Gasteiger partial charge >= 0.3 is 0 Å². The second-order valence-corrected chi connectivity index (χ2v) is 8.79. The fourth-order valence-electron chi connectivity index (χ4n) is 2.99. The molecule has 0 aliphatic carbocycles. The topological polar surface area (TPSA) is 81.9 Å². The van der Waals surface area contributed by atoms with Gasteiger partial charge in [0.25, 0.3) is 0 Å². The molecule has 0 saturated heterocycles. The van der Waals surface area contributed by atoms with Crippen molar-refractivity contribution in [2.75, 3.05) is 11.1 Å². The summed E-state index contributed by atoms with van der Waals surface area (Å²) < 4.78 is 7.79. The van der Waals surface area contributed by atoms with Gasteiger partial charge in [-0.1, -0.05) is 59.8 Å². The number of thioether (sulfide) groups is 1. The minimum Gasteiger partial charge on any atom is -0.486 e. The molecule has 0 saturated carbocycles. The van der Waals surface area contributed by atoms with Gasteiger partial charge < -0.3 is 14.6 Å². The highest BCUT2D eigenvalue weighted by Gasteiger charge is 2.15. The molecular formula is C23H23N5O2S2. The lowest BCUT2D eigenvalue weighted by Gasteiger charge is -2.09. The molecule has 1 N–H and O–H groups in total. The predicted octanol–water partition coefficient (Wildman–Crippen LogP) is 5.04. The first-order valence-electron chi connectivity index (χ1n) is 10.2. The van der Waals surface area contributed by atoms with Crippen LogP contribution in [0.4, 0.5) is 5.13 Å². The number of carbonyl (C=O) groups excluding carboxylic acids is 1. The van der Waals surface area contributed by atoms with Crippen LogP contribution in [0.5, 0.6) is 5.75 Å². The van der Waals surface area contributed by atoms with Crippen molar-refractivity contribution in [1.29, 1.82) is 0 Å². The normalized spacial score (nSPS) is 10.8. The molecule has 4 rings (SSSR count). The van der Waals surface area contributed by atoms with Crippen LogP contribution in [0.15, 0.2) is 65.1 Å². The van der Waals surface area contributed by atoms with Gasteiger partial charge in [-0.2, -0.15) is 0 Å². The van der Waals surface area contributed by atoms with Gasteiger partial charge in [0.2, 0.25) is 5.91 Å². The van der Waals surface area contributed by atoms with Crippen LogP contribution >= 0.6 is 23.1 Å². The van der Waals surface area contributed by atoms with Crippen molar-refractivity contribution in [1.82, 2.24) is 19.7 Å². The number of amides is 1. The smallest absolute Gasteiger partial charge is 0.236 e. The van der Waals surface area contributed by atoms with Crippen LogP contribution in [-0.2, 0) is 17.9 Å². The highest BCUT2D eigenvalue weighted by atomic mass is 32.2. The first-order chi connectivity index (χ1) is 15.6. The Hall–Kier alpha value is -3.17.